The van der Waals surface area contributed by atoms with Crippen molar-refractivity contribution in [2.75, 3.05) is 22.9 Å². The average molecular weight is 417 g/mol. The van der Waals surface area contributed by atoms with Crippen LogP contribution in [0.2, 0.25) is 0 Å². The minimum atomic E-state index is -4.81. The maximum atomic E-state index is 12.5. The van der Waals surface area contributed by atoms with Crippen molar-refractivity contribution in [1.29, 1.82) is 0 Å². The van der Waals surface area contributed by atoms with Crippen molar-refractivity contribution in [3.05, 3.63) is 60.2 Å². The molecule has 1 amide bonds. The second kappa shape index (κ2) is 8.68. The molecule has 3 aromatic rings. The van der Waals surface area contributed by atoms with Gasteiger partial charge in [-0.3, -0.25) is 4.79 Å². The van der Waals surface area contributed by atoms with E-state index < -0.39 is 12.3 Å². The number of nitrogens with one attached hydrogen (secondary N) is 2. The van der Waals surface area contributed by atoms with Gasteiger partial charge in [-0.1, -0.05) is 12.1 Å². The van der Waals surface area contributed by atoms with Crippen LogP contribution in [0, 0.1) is 0 Å². The molecule has 0 fully saturated rings. The van der Waals surface area contributed by atoms with Crippen LogP contribution in [0.3, 0.4) is 0 Å². The molecule has 1 heterocycles. The molecule has 0 aliphatic rings. The Morgan fingerprint density at radius 1 is 1.10 bits per heavy atom. The zero-order valence-electron chi connectivity index (χ0n) is 15.8. The largest absolute Gasteiger partial charge is 0.573 e. The third-order valence-corrected chi connectivity index (χ3v) is 3.84. The first kappa shape index (κ1) is 20.9. The molecular weight excluding hydrogens is 399 g/mol. The van der Waals surface area contributed by atoms with Crippen molar-refractivity contribution in [1.82, 2.24) is 9.97 Å². The summed E-state index contributed by atoms with van der Waals surface area (Å²) < 4.78 is 41.5. The Morgan fingerprint density at radius 3 is 2.50 bits per heavy atom. The fraction of sp³-hybridized carbons (Fsp3) is 0.150. The van der Waals surface area contributed by atoms with Crippen LogP contribution in [0.1, 0.15) is 17.3 Å². The highest BCUT2D eigenvalue weighted by Gasteiger charge is 2.31. The van der Waals surface area contributed by atoms with Gasteiger partial charge in [0.25, 0.3) is 5.91 Å². The van der Waals surface area contributed by atoms with Gasteiger partial charge in [0.2, 0.25) is 5.95 Å². The Labute approximate surface area is 170 Å². The molecule has 0 saturated heterocycles. The zero-order chi connectivity index (χ0) is 21.7. The molecule has 156 valence electrons. The SMILES string of the molecule is CCNc1nc(NC(=O)c2ccc(N)cc2)cc(-c2cccc(OC(F)(F)F)c2)n1. The summed E-state index contributed by atoms with van der Waals surface area (Å²) in [5.74, 6) is -0.406. The van der Waals surface area contributed by atoms with Crippen LogP contribution in [-0.2, 0) is 0 Å². The van der Waals surface area contributed by atoms with Gasteiger partial charge < -0.3 is 21.1 Å². The molecule has 0 radical (unpaired) electrons. The second-order valence-corrected chi connectivity index (χ2v) is 6.14. The molecule has 0 saturated carbocycles. The third-order valence-electron chi connectivity index (χ3n) is 3.84. The lowest BCUT2D eigenvalue weighted by Gasteiger charge is -2.12. The van der Waals surface area contributed by atoms with Gasteiger partial charge in [-0.2, -0.15) is 4.98 Å². The molecule has 1 aromatic heterocycles. The van der Waals surface area contributed by atoms with Crippen LogP contribution in [-0.4, -0.2) is 28.8 Å². The molecule has 10 heteroatoms. The molecule has 30 heavy (non-hydrogen) atoms. The summed E-state index contributed by atoms with van der Waals surface area (Å²) >= 11 is 0. The van der Waals surface area contributed by atoms with Crippen molar-refractivity contribution in [2.24, 2.45) is 0 Å². The topological polar surface area (TPSA) is 102 Å². The zero-order valence-corrected chi connectivity index (χ0v) is 15.8. The second-order valence-electron chi connectivity index (χ2n) is 6.14. The lowest BCUT2D eigenvalue weighted by Crippen LogP contribution is -2.17. The summed E-state index contributed by atoms with van der Waals surface area (Å²) in [6, 6.07) is 13.2. The van der Waals surface area contributed by atoms with E-state index >= 15 is 0 Å². The molecule has 0 bridgehead atoms. The molecule has 2 aromatic carbocycles. The number of carbonyl (C=O) groups is 1. The summed E-state index contributed by atoms with van der Waals surface area (Å²) in [5.41, 5.74) is 7.19. The van der Waals surface area contributed by atoms with Crippen molar-refractivity contribution >= 4 is 23.4 Å². The molecule has 0 aliphatic heterocycles. The predicted octanol–water partition coefficient (Wildman–Crippen LogP) is 4.31. The van der Waals surface area contributed by atoms with E-state index in [1.165, 1.54) is 24.3 Å². The average Bonchev–Trinajstić information content (AvgIpc) is 2.67. The maximum absolute atomic E-state index is 12.5. The number of carbonyl (C=O) groups excluding carboxylic acids is 1. The fourth-order valence-electron chi connectivity index (χ4n) is 2.57. The lowest BCUT2D eigenvalue weighted by atomic mass is 10.1. The standard InChI is InChI=1S/C20H18F3N5O2/c1-2-25-19-26-16(13-4-3-5-15(10-13)30-20(21,22)23)11-17(28-19)27-18(29)12-6-8-14(24)9-7-12/h3-11H,2,24H2,1H3,(H2,25,26,27,28,29). The normalized spacial score (nSPS) is 11.1. The Bertz CT molecular complexity index is 1040. The Kier molecular flexibility index (Phi) is 6.05. The smallest absolute Gasteiger partial charge is 0.406 e. The number of halogens is 3. The van der Waals surface area contributed by atoms with Gasteiger partial charge in [-0.15, -0.1) is 13.2 Å². The molecule has 0 unspecified atom stereocenters. The minimum absolute atomic E-state index is 0.180. The van der Waals surface area contributed by atoms with E-state index in [2.05, 4.69) is 25.3 Å². The Morgan fingerprint density at radius 2 is 1.83 bits per heavy atom. The Balaban J connectivity index is 1.92. The van der Waals surface area contributed by atoms with Crippen LogP contribution >= 0.6 is 0 Å². The number of aromatic nitrogens is 2. The molecular formula is C20H18F3N5O2. The van der Waals surface area contributed by atoms with Crippen molar-refractivity contribution < 1.29 is 22.7 Å². The van der Waals surface area contributed by atoms with E-state index in [-0.39, 0.29) is 17.5 Å². The van der Waals surface area contributed by atoms with E-state index in [9.17, 15) is 18.0 Å². The van der Waals surface area contributed by atoms with Crippen LogP contribution in [0.5, 0.6) is 5.75 Å². The predicted molar refractivity (Wildman–Crippen MR) is 107 cm³/mol. The van der Waals surface area contributed by atoms with Gasteiger partial charge in [-0.25, -0.2) is 4.98 Å². The molecule has 0 spiro atoms. The summed E-state index contributed by atoms with van der Waals surface area (Å²) in [4.78, 5) is 21.0. The van der Waals surface area contributed by atoms with E-state index in [1.54, 1.807) is 30.3 Å². The number of anilines is 3. The third kappa shape index (κ3) is 5.60. The highest BCUT2D eigenvalue weighted by molar-refractivity contribution is 6.04. The number of rotatable bonds is 6. The highest BCUT2D eigenvalue weighted by Crippen LogP contribution is 2.28. The van der Waals surface area contributed by atoms with E-state index in [0.29, 0.717) is 29.1 Å². The van der Waals surface area contributed by atoms with Crippen molar-refractivity contribution in [3.8, 4) is 17.0 Å². The van der Waals surface area contributed by atoms with Crippen molar-refractivity contribution in [2.45, 2.75) is 13.3 Å². The number of amides is 1. The van der Waals surface area contributed by atoms with Gasteiger partial charge in [0.05, 0.1) is 5.69 Å². The van der Waals surface area contributed by atoms with Gasteiger partial charge in [0.15, 0.2) is 0 Å². The van der Waals surface area contributed by atoms with E-state index in [1.807, 2.05) is 6.92 Å². The number of nitrogens with zero attached hydrogens (tertiary/aromatic N) is 2. The summed E-state index contributed by atoms with van der Waals surface area (Å²) in [6.07, 6.45) is -4.81. The van der Waals surface area contributed by atoms with Gasteiger partial charge in [-0.05, 0) is 43.3 Å². The summed E-state index contributed by atoms with van der Waals surface area (Å²) in [6.45, 7) is 2.34. The van der Waals surface area contributed by atoms with E-state index in [4.69, 9.17) is 5.73 Å². The number of benzene rings is 2. The number of nitrogen functional groups attached to an aromatic ring is 1. The first-order valence-corrected chi connectivity index (χ1v) is 8.89. The molecule has 0 atom stereocenters. The number of hydrogen-bond acceptors (Lipinski definition) is 6. The van der Waals surface area contributed by atoms with Crippen molar-refractivity contribution in [3.63, 3.8) is 0 Å². The highest BCUT2D eigenvalue weighted by atomic mass is 19.4. The fourth-order valence-corrected chi connectivity index (χ4v) is 2.57. The first-order chi connectivity index (χ1) is 14.2. The van der Waals surface area contributed by atoms with Gasteiger partial charge >= 0.3 is 6.36 Å². The van der Waals surface area contributed by atoms with Crippen LogP contribution in [0.25, 0.3) is 11.3 Å². The lowest BCUT2D eigenvalue weighted by molar-refractivity contribution is -0.274. The van der Waals surface area contributed by atoms with Gasteiger partial charge in [0.1, 0.15) is 11.6 Å². The minimum Gasteiger partial charge on any atom is -0.406 e. The number of hydrogen-bond donors (Lipinski definition) is 3. The summed E-state index contributed by atoms with van der Waals surface area (Å²) in [7, 11) is 0. The number of ether oxygens (including phenoxy) is 1. The molecule has 0 aliphatic carbocycles. The number of nitrogens with two attached hydrogens (primary N) is 1. The molecule has 4 N–H and O–H groups in total. The quantitative estimate of drug-likeness (QED) is 0.517. The Hall–Kier alpha value is -3.82. The monoisotopic (exact) mass is 417 g/mol. The first-order valence-electron chi connectivity index (χ1n) is 8.89. The summed E-state index contributed by atoms with van der Waals surface area (Å²) in [5, 5.41) is 5.59. The van der Waals surface area contributed by atoms with Crippen LogP contribution in [0.15, 0.2) is 54.6 Å². The van der Waals surface area contributed by atoms with E-state index in [0.717, 1.165) is 0 Å². The van der Waals surface area contributed by atoms with Crippen LogP contribution in [0.4, 0.5) is 30.6 Å². The molecule has 7 nitrogen and oxygen atoms in total. The van der Waals surface area contributed by atoms with Crippen LogP contribution < -0.4 is 21.1 Å². The number of alkyl halides is 3. The maximum Gasteiger partial charge on any atom is 0.573 e. The van der Waals surface area contributed by atoms with Gasteiger partial charge in [0, 0.05) is 29.4 Å². The molecule has 3 rings (SSSR count).